The Hall–Kier alpha value is -2.37. The van der Waals surface area contributed by atoms with Crippen LogP contribution in [0, 0.1) is 5.92 Å². The number of aromatic nitrogens is 2. The van der Waals surface area contributed by atoms with Gasteiger partial charge >= 0.3 is 5.97 Å². The number of ether oxygens (including phenoxy) is 1. The van der Waals surface area contributed by atoms with Crippen LogP contribution in [0.5, 0.6) is 0 Å². The van der Waals surface area contributed by atoms with E-state index in [1.165, 1.54) is 6.42 Å². The number of para-hydroxylation sites is 2. The summed E-state index contributed by atoms with van der Waals surface area (Å²) in [6, 6.07) is 7.80. The van der Waals surface area contributed by atoms with Crippen molar-refractivity contribution in [2.75, 3.05) is 13.2 Å². The molecule has 1 aromatic carbocycles. The van der Waals surface area contributed by atoms with Crippen LogP contribution in [0.4, 0.5) is 0 Å². The number of carbonyl (C=O) groups is 2. The first-order chi connectivity index (χ1) is 13.2. The smallest absolute Gasteiger partial charge is 0.326 e. The third-order valence-electron chi connectivity index (χ3n) is 5.18. The van der Waals surface area contributed by atoms with E-state index in [1.807, 2.05) is 28.8 Å². The Morgan fingerprint density at radius 2 is 2.00 bits per heavy atom. The molecule has 27 heavy (non-hydrogen) atoms. The normalized spacial score (nSPS) is 15.0. The molecule has 2 aromatic rings. The zero-order valence-corrected chi connectivity index (χ0v) is 16.1. The van der Waals surface area contributed by atoms with E-state index >= 15 is 0 Å². The number of aryl methyl sites for hydroxylation is 1. The van der Waals surface area contributed by atoms with Crippen LogP contribution in [0.3, 0.4) is 0 Å². The molecule has 1 aromatic heterocycles. The molecule has 146 valence electrons. The Balaban J connectivity index is 1.58. The number of rotatable bonds is 8. The minimum atomic E-state index is -0.257. The Morgan fingerprint density at radius 1 is 1.22 bits per heavy atom. The summed E-state index contributed by atoms with van der Waals surface area (Å²) in [6.07, 6.45) is 7.11. The van der Waals surface area contributed by atoms with E-state index in [4.69, 9.17) is 4.74 Å². The van der Waals surface area contributed by atoms with E-state index in [0.29, 0.717) is 19.6 Å². The summed E-state index contributed by atoms with van der Waals surface area (Å²) in [5.74, 6) is 0.977. The number of imidazole rings is 1. The number of benzene rings is 1. The molecule has 1 amide bonds. The Morgan fingerprint density at radius 3 is 2.78 bits per heavy atom. The van der Waals surface area contributed by atoms with Crippen LogP contribution in [0.1, 0.15) is 51.3 Å². The van der Waals surface area contributed by atoms with Gasteiger partial charge in [-0.05, 0) is 38.3 Å². The predicted molar refractivity (Wildman–Crippen MR) is 104 cm³/mol. The molecule has 0 saturated heterocycles. The van der Waals surface area contributed by atoms with Crippen molar-refractivity contribution in [1.29, 1.82) is 0 Å². The van der Waals surface area contributed by atoms with Gasteiger partial charge in [-0.1, -0.05) is 31.4 Å². The second-order valence-electron chi connectivity index (χ2n) is 7.14. The molecule has 6 heteroatoms. The fourth-order valence-electron chi connectivity index (χ4n) is 3.80. The highest BCUT2D eigenvalue weighted by Crippen LogP contribution is 2.23. The van der Waals surface area contributed by atoms with Crippen LogP contribution < -0.4 is 5.32 Å². The Kier molecular flexibility index (Phi) is 6.85. The topological polar surface area (TPSA) is 73.2 Å². The van der Waals surface area contributed by atoms with Gasteiger partial charge in [0.1, 0.15) is 12.4 Å². The van der Waals surface area contributed by atoms with Gasteiger partial charge in [0.25, 0.3) is 0 Å². The summed E-state index contributed by atoms with van der Waals surface area (Å²) in [4.78, 5) is 28.9. The Bertz CT molecular complexity index is 778. The zero-order chi connectivity index (χ0) is 19.1. The SMILES string of the molecule is CCOC(=O)Cn1c(CCCNC(=O)C2CCCCC2)nc2ccccc21. The average molecular weight is 371 g/mol. The monoisotopic (exact) mass is 371 g/mol. The molecule has 6 nitrogen and oxygen atoms in total. The number of carbonyl (C=O) groups excluding carboxylic acids is 2. The van der Waals surface area contributed by atoms with Gasteiger partial charge in [-0.2, -0.15) is 0 Å². The molecule has 0 radical (unpaired) electrons. The van der Waals surface area contributed by atoms with Gasteiger partial charge in [0.05, 0.1) is 17.6 Å². The molecule has 0 atom stereocenters. The van der Waals surface area contributed by atoms with Crippen LogP contribution in [-0.4, -0.2) is 34.6 Å². The highest BCUT2D eigenvalue weighted by Gasteiger charge is 2.20. The molecule has 1 saturated carbocycles. The van der Waals surface area contributed by atoms with Crippen LogP contribution in [0.15, 0.2) is 24.3 Å². The molecule has 0 spiro atoms. The maximum atomic E-state index is 12.2. The van der Waals surface area contributed by atoms with Gasteiger partial charge in [-0.3, -0.25) is 9.59 Å². The van der Waals surface area contributed by atoms with Crippen LogP contribution in [0.2, 0.25) is 0 Å². The number of fused-ring (bicyclic) bond motifs is 1. The van der Waals surface area contributed by atoms with Crippen molar-refractivity contribution in [3.05, 3.63) is 30.1 Å². The third kappa shape index (κ3) is 5.08. The van der Waals surface area contributed by atoms with Crippen molar-refractivity contribution in [2.24, 2.45) is 5.92 Å². The fourth-order valence-corrected chi connectivity index (χ4v) is 3.80. The van der Waals surface area contributed by atoms with E-state index in [0.717, 1.165) is 49.0 Å². The van der Waals surface area contributed by atoms with Crippen LogP contribution >= 0.6 is 0 Å². The molecule has 1 aliphatic carbocycles. The maximum Gasteiger partial charge on any atom is 0.326 e. The summed E-state index contributed by atoms with van der Waals surface area (Å²) in [7, 11) is 0. The molecule has 0 bridgehead atoms. The standard InChI is InChI=1S/C21H29N3O3/c1-2-27-20(25)15-24-18-12-7-6-11-17(18)23-19(24)13-8-14-22-21(26)16-9-4-3-5-10-16/h6-7,11-12,16H,2-5,8-10,13-15H2,1H3,(H,22,26). The van der Waals surface area contributed by atoms with Gasteiger partial charge in [0.15, 0.2) is 0 Å². The Labute approximate surface area is 160 Å². The molecule has 1 heterocycles. The van der Waals surface area contributed by atoms with E-state index in [9.17, 15) is 9.59 Å². The van der Waals surface area contributed by atoms with Gasteiger partial charge in [0.2, 0.25) is 5.91 Å². The van der Waals surface area contributed by atoms with E-state index in [-0.39, 0.29) is 24.3 Å². The van der Waals surface area contributed by atoms with E-state index in [1.54, 1.807) is 6.92 Å². The van der Waals surface area contributed by atoms with Crippen LogP contribution in [-0.2, 0) is 27.3 Å². The molecule has 0 unspecified atom stereocenters. The predicted octanol–water partition coefficient (Wildman–Crippen LogP) is 3.23. The van der Waals surface area contributed by atoms with Crippen molar-refractivity contribution in [3.63, 3.8) is 0 Å². The van der Waals surface area contributed by atoms with Gasteiger partial charge in [-0.25, -0.2) is 4.98 Å². The first kappa shape index (κ1) is 19.4. The minimum Gasteiger partial charge on any atom is -0.465 e. The number of nitrogens with one attached hydrogen (secondary N) is 1. The molecule has 1 aliphatic rings. The number of nitrogens with zero attached hydrogens (tertiary/aromatic N) is 2. The van der Waals surface area contributed by atoms with Gasteiger partial charge in [-0.15, -0.1) is 0 Å². The fraction of sp³-hybridized carbons (Fsp3) is 0.571. The van der Waals surface area contributed by atoms with E-state index in [2.05, 4.69) is 10.3 Å². The lowest BCUT2D eigenvalue weighted by atomic mass is 9.89. The second kappa shape index (κ2) is 9.53. The number of hydrogen-bond donors (Lipinski definition) is 1. The molecular weight excluding hydrogens is 342 g/mol. The van der Waals surface area contributed by atoms with Crippen molar-refractivity contribution in [2.45, 2.75) is 58.4 Å². The zero-order valence-electron chi connectivity index (χ0n) is 16.1. The van der Waals surface area contributed by atoms with Crippen molar-refractivity contribution in [3.8, 4) is 0 Å². The van der Waals surface area contributed by atoms with Crippen LogP contribution in [0.25, 0.3) is 11.0 Å². The van der Waals surface area contributed by atoms with Gasteiger partial charge < -0.3 is 14.6 Å². The summed E-state index contributed by atoms with van der Waals surface area (Å²) >= 11 is 0. The number of esters is 1. The quantitative estimate of drug-likeness (QED) is 0.571. The molecule has 1 fully saturated rings. The first-order valence-electron chi connectivity index (χ1n) is 10.1. The minimum absolute atomic E-state index is 0.165. The first-order valence-corrected chi connectivity index (χ1v) is 10.1. The lowest BCUT2D eigenvalue weighted by Crippen LogP contribution is -2.32. The molecular formula is C21H29N3O3. The average Bonchev–Trinajstić information content (AvgIpc) is 3.03. The second-order valence-corrected chi connectivity index (χ2v) is 7.14. The maximum absolute atomic E-state index is 12.2. The van der Waals surface area contributed by atoms with E-state index < -0.39 is 0 Å². The highest BCUT2D eigenvalue weighted by molar-refractivity contribution is 5.79. The van der Waals surface area contributed by atoms with Crippen molar-refractivity contribution >= 4 is 22.9 Å². The molecule has 3 rings (SSSR count). The lowest BCUT2D eigenvalue weighted by molar-refractivity contribution is -0.143. The van der Waals surface area contributed by atoms with Crippen molar-refractivity contribution < 1.29 is 14.3 Å². The number of amides is 1. The molecule has 1 N–H and O–H groups in total. The highest BCUT2D eigenvalue weighted by atomic mass is 16.5. The third-order valence-corrected chi connectivity index (χ3v) is 5.18. The number of hydrogen-bond acceptors (Lipinski definition) is 4. The lowest BCUT2D eigenvalue weighted by Gasteiger charge is -2.20. The summed E-state index contributed by atoms with van der Waals surface area (Å²) in [5.41, 5.74) is 1.81. The molecule has 0 aliphatic heterocycles. The largest absolute Gasteiger partial charge is 0.465 e. The summed E-state index contributed by atoms with van der Waals surface area (Å²) < 4.78 is 7.03. The van der Waals surface area contributed by atoms with Crippen molar-refractivity contribution in [1.82, 2.24) is 14.9 Å². The summed E-state index contributed by atoms with van der Waals surface area (Å²) in [5, 5.41) is 3.07. The summed E-state index contributed by atoms with van der Waals surface area (Å²) in [6.45, 7) is 2.98. The van der Waals surface area contributed by atoms with Gasteiger partial charge in [0, 0.05) is 18.9 Å².